The van der Waals surface area contributed by atoms with Crippen LogP contribution in [0.15, 0.2) is 86.6 Å². The number of benzene rings is 3. The second-order valence-corrected chi connectivity index (χ2v) is 10.4. The first-order valence-corrected chi connectivity index (χ1v) is 12.6. The Bertz CT molecular complexity index is 1040. The number of sulfonamides is 1. The van der Waals surface area contributed by atoms with Gasteiger partial charge in [-0.2, -0.15) is 0 Å². The molecule has 0 fully saturated rings. The summed E-state index contributed by atoms with van der Waals surface area (Å²) in [4.78, 5) is 0.303. The molecule has 0 aliphatic carbocycles. The SMILES string of the molecule is Cc1ccc(S(=O)(=O)NCCc2cccc(Br)c2)cc1.NCCc1cccc(Br)c1. The van der Waals surface area contributed by atoms with Gasteiger partial charge >= 0.3 is 0 Å². The maximum absolute atomic E-state index is 12.1. The molecule has 160 valence electrons. The maximum atomic E-state index is 12.1. The van der Waals surface area contributed by atoms with E-state index in [1.807, 2.05) is 43.3 Å². The molecule has 3 aromatic rings. The summed E-state index contributed by atoms with van der Waals surface area (Å²) in [6.07, 6.45) is 1.62. The summed E-state index contributed by atoms with van der Waals surface area (Å²) < 4.78 is 28.9. The summed E-state index contributed by atoms with van der Waals surface area (Å²) in [5.74, 6) is 0. The van der Waals surface area contributed by atoms with E-state index < -0.39 is 10.0 Å². The summed E-state index contributed by atoms with van der Waals surface area (Å²) >= 11 is 6.79. The van der Waals surface area contributed by atoms with Crippen LogP contribution in [-0.4, -0.2) is 21.5 Å². The lowest BCUT2D eigenvalue weighted by atomic mass is 10.2. The quantitative estimate of drug-likeness (QED) is 0.421. The molecule has 0 aliphatic rings. The summed E-state index contributed by atoms with van der Waals surface area (Å²) in [7, 11) is -3.42. The van der Waals surface area contributed by atoms with Gasteiger partial charge in [-0.25, -0.2) is 13.1 Å². The van der Waals surface area contributed by atoms with Gasteiger partial charge in [-0.15, -0.1) is 0 Å². The molecule has 0 spiro atoms. The second kappa shape index (κ2) is 12.4. The zero-order chi connectivity index (χ0) is 22.0. The first-order chi connectivity index (χ1) is 14.3. The van der Waals surface area contributed by atoms with E-state index in [4.69, 9.17) is 5.73 Å². The van der Waals surface area contributed by atoms with E-state index in [1.54, 1.807) is 24.3 Å². The Kier molecular flexibility index (Phi) is 10.2. The van der Waals surface area contributed by atoms with Gasteiger partial charge in [-0.3, -0.25) is 0 Å². The highest BCUT2D eigenvalue weighted by molar-refractivity contribution is 9.10. The second-order valence-electron chi connectivity index (χ2n) is 6.76. The van der Waals surface area contributed by atoms with Crippen molar-refractivity contribution < 1.29 is 8.42 Å². The van der Waals surface area contributed by atoms with Crippen molar-refractivity contribution in [3.63, 3.8) is 0 Å². The van der Waals surface area contributed by atoms with Gasteiger partial charge < -0.3 is 5.73 Å². The van der Waals surface area contributed by atoms with Crippen LogP contribution in [0.3, 0.4) is 0 Å². The van der Waals surface area contributed by atoms with Crippen LogP contribution in [-0.2, 0) is 22.9 Å². The van der Waals surface area contributed by atoms with E-state index in [0.717, 1.165) is 33.0 Å². The Morgan fingerprint density at radius 3 is 1.87 bits per heavy atom. The summed E-state index contributed by atoms with van der Waals surface area (Å²) in [6, 6.07) is 22.9. The normalized spacial score (nSPS) is 10.9. The predicted molar refractivity (Wildman–Crippen MR) is 131 cm³/mol. The molecular formula is C23H26Br2N2O2S. The molecule has 7 heteroatoms. The van der Waals surface area contributed by atoms with Crippen molar-refractivity contribution in [1.82, 2.24) is 4.72 Å². The molecule has 0 aromatic heterocycles. The van der Waals surface area contributed by atoms with Crippen LogP contribution < -0.4 is 10.5 Å². The Labute approximate surface area is 196 Å². The fraction of sp³-hybridized carbons (Fsp3) is 0.217. The van der Waals surface area contributed by atoms with Crippen LogP contribution in [0.4, 0.5) is 0 Å². The fourth-order valence-electron chi connectivity index (χ4n) is 2.68. The average Bonchev–Trinajstić information content (AvgIpc) is 2.69. The molecule has 3 N–H and O–H groups in total. The predicted octanol–water partition coefficient (Wildman–Crippen LogP) is 5.23. The Balaban J connectivity index is 0.000000269. The Morgan fingerprint density at radius 1 is 0.833 bits per heavy atom. The van der Waals surface area contributed by atoms with E-state index in [2.05, 4.69) is 48.7 Å². The van der Waals surface area contributed by atoms with Crippen LogP contribution in [0, 0.1) is 6.92 Å². The molecule has 4 nitrogen and oxygen atoms in total. The van der Waals surface area contributed by atoms with Crippen molar-refractivity contribution in [2.75, 3.05) is 13.1 Å². The monoisotopic (exact) mass is 552 g/mol. The highest BCUT2D eigenvalue weighted by atomic mass is 79.9. The number of halogens is 2. The van der Waals surface area contributed by atoms with Crippen molar-refractivity contribution in [2.45, 2.75) is 24.7 Å². The van der Waals surface area contributed by atoms with Crippen LogP contribution in [0.5, 0.6) is 0 Å². The standard InChI is InChI=1S/C15H16BrNO2S.C8H10BrN/c1-12-5-7-15(8-6-12)20(18,19)17-10-9-13-3-2-4-14(16)11-13;9-8-3-1-2-7(6-8)4-5-10/h2-8,11,17H,9-10H2,1H3;1-3,6H,4-5,10H2. The zero-order valence-corrected chi connectivity index (χ0v) is 20.8. The van der Waals surface area contributed by atoms with Crippen LogP contribution in [0.25, 0.3) is 0 Å². The molecule has 0 saturated carbocycles. The molecule has 0 radical (unpaired) electrons. The minimum Gasteiger partial charge on any atom is -0.330 e. The fourth-order valence-corrected chi connectivity index (χ4v) is 4.61. The molecule has 0 aliphatic heterocycles. The van der Waals surface area contributed by atoms with E-state index >= 15 is 0 Å². The molecule has 0 bridgehead atoms. The number of nitrogens with one attached hydrogen (secondary N) is 1. The van der Waals surface area contributed by atoms with Gasteiger partial charge in [0.2, 0.25) is 10.0 Å². The highest BCUT2D eigenvalue weighted by Crippen LogP contribution is 2.13. The van der Waals surface area contributed by atoms with Gasteiger partial charge in [0.25, 0.3) is 0 Å². The topological polar surface area (TPSA) is 72.2 Å². The van der Waals surface area contributed by atoms with Gasteiger partial charge in [-0.05, 0) is 73.8 Å². The van der Waals surface area contributed by atoms with Crippen molar-refractivity contribution in [2.24, 2.45) is 5.73 Å². The van der Waals surface area contributed by atoms with Crippen LogP contribution in [0.1, 0.15) is 16.7 Å². The molecule has 0 atom stereocenters. The molecule has 0 heterocycles. The number of aryl methyl sites for hydroxylation is 1. The molecule has 30 heavy (non-hydrogen) atoms. The summed E-state index contributed by atoms with van der Waals surface area (Å²) in [5, 5.41) is 0. The lowest BCUT2D eigenvalue weighted by molar-refractivity contribution is 0.581. The first-order valence-electron chi connectivity index (χ1n) is 9.55. The Hall–Kier alpha value is -1.51. The van der Waals surface area contributed by atoms with E-state index in [1.165, 1.54) is 5.56 Å². The molecule has 0 amide bonds. The van der Waals surface area contributed by atoms with Gasteiger partial charge in [-0.1, -0.05) is 73.8 Å². The maximum Gasteiger partial charge on any atom is 0.240 e. The number of nitrogens with two attached hydrogens (primary N) is 1. The minimum absolute atomic E-state index is 0.303. The van der Waals surface area contributed by atoms with Crippen molar-refractivity contribution in [3.8, 4) is 0 Å². The van der Waals surface area contributed by atoms with Gasteiger partial charge in [0, 0.05) is 15.5 Å². The van der Waals surface area contributed by atoms with Crippen LogP contribution >= 0.6 is 31.9 Å². The summed E-state index contributed by atoms with van der Waals surface area (Å²) in [5.41, 5.74) is 8.81. The lowest BCUT2D eigenvalue weighted by Gasteiger charge is -2.07. The largest absolute Gasteiger partial charge is 0.330 e. The summed E-state index contributed by atoms with van der Waals surface area (Å²) in [6.45, 7) is 3.03. The third kappa shape index (κ3) is 8.70. The Morgan fingerprint density at radius 2 is 1.37 bits per heavy atom. The molecule has 3 rings (SSSR count). The van der Waals surface area contributed by atoms with Crippen molar-refractivity contribution in [1.29, 1.82) is 0 Å². The van der Waals surface area contributed by atoms with Gasteiger partial charge in [0.15, 0.2) is 0 Å². The smallest absolute Gasteiger partial charge is 0.240 e. The van der Waals surface area contributed by atoms with Crippen molar-refractivity contribution >= 4 is 41.9 Å². The molecule has 3 aromatic carbocycles. The molecule has 0 saturated heterocycles. The third-order valence-electron chi connectivity index (χ3n) is 4.25. The van der Waals surface area contributed by atoms with Crippen molar-refractivity contribution in [3.05, 3.63) is 98.4 Å². The number of rotatable bonds is 7. The molecule has 0 unspecified atom stereocenters. The van der Waals surface area contributed by atoms with E-state index in [-0.39, 0.29) is 0 Å². The number of hydrogen-bond acceptors (Lipinski definition) is 3. The first kappa shape index (κ1) is 24.8. The minimum atomic E-state index is -3.42. The van der Waals surface area contributed by atoms with Gasteiger partial charge in [0.1, 0.15) is 0 Å². The average molecular weight is 554 g/mol. The van der Waals surface area contributed by atoms with E-state index in [0.29, 0.717) is 17.9 Å². The van der Waals surface area contributed by atoms with E-state index in [9.17, 15) is 8.42 Å². The third-order valence-corrected chi connectivity index (χ3v) is 6.71. The van der Waals surface area contributed by atoms with Crippen LogP contribution in [0.2, 0.25) is 0 Å². The van der Waals surface area contributed by atoms with Gasteiger partial charge in [0.05, 0.1) is 4.90 Å². The zero-order valence-electron chi connectivity index (χ0n) is 16.8. The number of hydrogen-bond donors (Lipinski definition) is 2. The molecular weight excluding hydrogens is 528 g/mol. The highest BCUT2D eigenvalue weighted by Gasteiger charge is 2.12. The lowest BCUT2D eigenvalue weighted by Crippen LogP contribution is -2.25.